The predicted octanol–water partition coefficient (Wildman–Crippen LogP) is 5.37. The monoisotopic (exact) mass is 566 g/mol. The van der Waals surface area contributed by atoms with Crippen molar-refractivity contribution in [1.82, 2.24) is 9.97 Å². The highest BCUT2D eigenvalue weighted by Gasteiger charge is 2.39. The minimum Gasteiger partial charge on any atom is -0.390 e. The Kier molecular flexibility index (Phi) is 8.76. The van der Waals surface area contributed by atoms with Crippen LogP contribution in [0.3, 0.4) is 0 Å². The number of hydrogen-bond donors (Lipinski definition) is 3. The van der Waals surface area contributed by atoms with Gasteiger partial charge in [-0.3, -0.25) is 0 Å². The zero-order valence-corrected chi connectivity index (χ0v) is 24.2. The number of aliphatic hydroxyl groups excluding tert-OH is 1. The molecule has 0 amide bonds. The number of fused-ring (bicyclic) bond motifs is 1. The quantitative estimate of drug-likeness (QED) is 0.269. The first-order chi connectivity index (χ1) is 20.0. The molecule has 8 nitrogen and oxygen atoms in total. The van der Waals surface area contributed by atoms with Gasteiger partial charge in [0.2, 0.25) is 0 Å². The number of ether oxygens (including phenoxy) is 3. The van der Waals surface area contributed by atoms with Crippen molar-refractivity contribution in [2.24, 2.45) is 11.8 Å². The van der Waals surface area contributed by atoms with Gasteiger partial charge in [0.25, 0.3) is 0 Å². The molecule has 2 aromatic heterocycles. The van der Waals surface area contributed by atoms with Crippen molar-refractivity contribution in [2.75, 3.05) is 50.2 Å². The number of pyridine rings is 1. The van der Waals surface area contributed by atoms with E-state index in [1.54, 1.807) is 7.11 Å². The molecular weight excluding hydrogens is 523 g/mol. The number of halogens is 1. The molecule has 222 valence electrons. The molecule has 3 aliphatic rings. The number of aromatic nitrogens is 2. The first kappa shape index (κ1) is 28.4. The molecule has 2 saturated heterocycles. The van der Waals surface area contributed by atoms with Crippen molar-refractivity contribution < 1.29 is 23.7 Å². The Bertz CT molecular complexity index is 1290. The van der Waals surface area contributed by atoms with Gasteiger partial charge in [-0.05, 0) is 37.3 Å². The number of H-pyrrole nitrogens is 1. The molecule has 0 spiro atoms. The average Bonchev–Trinajstić information content (AvgIpc) is 3.53. The summed E-state index contributed by atoms with van der Waals surface area (Å²) in [5.74, 6) is 1.22. The molecule has 1 aromatic carbocycles. The van der Waals surface area contributed by atoms with E-state index in [1.165, 1.54) is 25.3 Å². The Morgan fingerprint density at radius 1 is 1.15 bits per heavy atom. The summed E-state index contributed by atoms with van der Waals surface area (Å²) in [6, 6.07) is 11.5. The zero-order valence-electron chi connectivity index (χ0n) is 24.2. The van der Waals surface area contributed by atoms with Crippen LogP contribution >= 0.6 is 0 Å². The van der Waals surface area contributed by atoms with E-state index < -0.39 is 6.10 Å². The normalized spacial score (nSPS) is 24.6. The Balaban J connectivity index is 1.08. The number of nitrogens with one attached hydrogen (secondary N) is 2. The minimum absolute atomic E-state index is 0.0583. The highest BCUT2D eigenvalue weighted by Crippen LogP contribution is 2.35. The van der Waals surface area contributed by atoms with Crippen LogP contribution in [0, 0.1) is 17.7 Å². The third kappa shape index (κ3) is 6.38. The molecule has 6 rings (SSSR count). The zero-order chi connectivity index (χ0) is 28.3. The van der Waals surface area contributed by atoms with Crippen LogP contribution in [0.1, 0.15) is 45.4 Å². The Hall–Kier alpha value is -2.72. The van der Waals surface area contributed by atoms with E-state index in [9.17, 15) is 5.11 Å². The second kappa shape index (κ2) is 12.7. The second-order valence-electron chi connectivity index (χ2n) is 12.0. The third-order valence-corrected chi connectivity index (χ3v) is 9.29. The highest BCUT2D eigenvalue weighted by molar-refractivity contribution is 5.83. The summed E-state index contributed by atoms with van der Waals surface area (Å²) < 4.78 is 32.2. The lowest BCUT2D eigenvalue weighted by molar-refractivity contribution is -0.0325. The van der Waals surface area contributed by atoms with Crippen LogP contribution < -0.4 is 10.2 Å². The molecule has 41 heavy (non-hydrogen) atoms. The van der Waals surface area contributed by atoms with Crippen molar-refractivity contribution in [1.29, 1.82) is 0 Å². The summed E-state index contributed by atoms with van der Waals surface area (Å²) in [4.78, 5) is 10.3. The second-order valence-corrected chi connectivity index (χ2v) is 12.0. The van der Waals surface area contributed by atoms with E-state index >= 15 is 4.39 Å². The number of piperidine rings is 1. The van der Waals surface area contributed by atoms with Crippen LogP contribution in [-0.4, -0.2) is 79.4 Å². The van der Waals surface area contributed by atoms with Gasteiger partial charge < -0.3 is 34.5 Å². The summed E-state index contributed by atoms with van der Waals surface area (Å²) in [7, 11) is 1.69. The van der Waals surface area contributed by atoms with Gasteiger partial charge in [-0.15, -0.1) is 0 Å². The van der Waals surface area contributed by atoms with E-state index in [2.05, 4.69) is 27.1 Å². The number of anilines is 2. The Labute approximate surface area is 241 Å². The molecule has 3 N–H and O–H groups in total. The summed E-state index contributed by atoms with van der Waals surface area (Å²) >= 11 is 0. The fraction of sp³-hybridized carbons (Fsp3) is 0.594. The molecule has 2 unspecified atom stereocenters. The molecule has 4 heterocycles. The smallest absolute Gasteiger partial charge is 0.151 e. The molecule has 0 radical (unpaired) electrons. The summed E-state index contributed by atoms with van der Waals surface area (Å²) in [5.41, 5.74) is 3.58. The molecule has 1 aliphatic carbocycles. The number of hydrogen-bond acceptors (Lipinski definition) is 7. The average molecular weight is 567 g/mol. The summed E-state index contributed by atoms with van der Waals surface area (Å²) in [6.45, 7) is 5.77. The van der Waals surface area contributed by atoms with Gasteiger partial charge in [0.15, 0.2) is 5.82 Å². The lowest BCUT2D eigenvalue weighted by Gasteiger charge is -2.33. The van der Waals surface area contributed by atoms with Crippen molar-refractivity contribution >= 4 is 22.5 Å². The maximum atomic E-state index is 15.2. The van der Waals surface area contributed by atoms with E-state index in [-0.39, 0.29) is 30.0 Å². The number of nitrogens with zero attached hydrogens (tertiary/aromatic N) is 2. The molecule has 1 saturated carbocycles. The van der Waals surface area contributed by atoms with Gasteiger partial charge in [0.1, 0.15) is 11.5 Å². The van der Waals surface area contributed by atoms with E-state index in [0.29, 0.717) is 42.5 Å². The van der Waals surface area contributed by atoms with Crippen molar-refractivity contribution in [3.8, 4) is 11.3 Å². The first-order valence-electron chi connectivity index (χ1n) is 15.2. The molecule has 0 bridgehead atoms. The fourth-order valence-electron chi connectivity index (χ4n) is 6.51. The molecule has 3 aromatic rings. The molecule has 4 atom stereocenters. The van der Waals surface area contributed by atoms with Crippen LogP contribution in [0.4, 0.5) is 15.9 Å². The lowest BCUT2D eigenvalue weighted by atomic mass is 9.79. The number of rotatable bonds is 11. The largest absolute Gasteiger partial charge is 0.390 e. The highest BCUT2D eigenvalue weighted by atomic mass is 19.1. The molecule has 2 aliphatic heterocycles. The van der Waals surface area contributed by atoms with Gasteiger partial charge in [-0.25, -0.2) is 9.37 Å². The SMILES string of the molecule is COCCOC1CCN(c2ccc(-c3nc4cc(NC5CO[C@H](C(O)CC6CCC6)[C@@H]5C)[nH]c4cc3F)cc2)CC1. The standard InChI is InChI=1S/C32H43FN4O4/c1-20-28(19-41-32(20)29(38)16-21-4-3-5-21)35-30-18-27-26(34-30)17-25(33)31(36-27)22-6-8-23(9-7-22)37-12-10-24(11-13-37)40-15-14-39-2/h6-9,17-18,20-21,24,28-29,32,34-35,38H,3-5,10-16,19H2,1-2H3/t20-,28?,29?,32+/m1/s1. The first-order valence-corrected chi connectivity index (χ1v) is 15.2. The molecular formula is C32H43FN4O4. The van der Waals surface area contributed by atoms with E-state index in [1.807, 2.05) is 30.3 Å². The number of aromatic amines is 1. The number of methoxy groups -OCH3 is 1. The van der Waals surface area contributed by atoms with Gasteiger partial charge in [0, 0.05) is 49.5 Å². The summed E-state index contributed by atoms with van der Waals surface area (Å²) in [5, 5.41) is 14.2. The van der Waals surface area contributed by atoms with Crippen molar-refractivity contribution in [3.63, 3.8) is 0 Å². The van der Waals surface area contributed by atoms with E-state index in [0.717, 1.165) is 49.4 Å². The van der Waals surface area contributed by atoms with Gasteiger partial charge in [-0.1, -0.05) is 38.3 Å². The third-order valence-electron chi connectivity index (χ3n) is 9.29. The number of benzene rings is 1. The summed E-state index contributed by atoms with van der Waals surface area (Å²) in [6.07, 6.45) is 6.18. The lowest BCUT2D eigenvalue weighted by Crippen LogP contribution is -2.37. The molecule has 3 fully saturated rings. The Morgan fingerprint density at radius 3 is 2.63 bits per heavy atom. The molecule has 9 heteroatoms. The van der Waals surface area contributed by atoms with Crippen molar-refractivity contribution in [2.45, 2.75) is 69.8 Å². The van der Waals surface area contributed by atoms with Crippen LogP contribution in [0.15, 0.2) is 36.4 Å². The number of aliphatic hydroxyl groups is 1. The maximum Gasteiger partial charge on any atom is 0.151 e. The Morgan fingerprint density at radius 2 is 1.93 bits per heavy atom. The van der Waals surface area contributed by atoms with Crippen LogP contribution in [-0.2, 0) is 14.2 Å². The van der Waals surface area contributed by atoms with Crippen molar-refractivity contribution in [3.05, 3.63) is 42.2 Å². The van der Waals surface area contributed by atoms with Crippen LogP contribution in [0.25, 0.3) is 22.3 Å². The van der Waals surface area contributed by atoms with Crippen LogP contribution in [0.2, 0.25) is 0 Å². The predicted molar refractivity (Wildman–Crippen MR) is 159 cm³/mol. The van der Waals surface area contributed by atoms with Crippen LogP contribution in [0.5, 0.6) is 0 Å². The fourth-order valence-corrected chi connectivity index (χ4v) is 6.51. The maximum absolute atomic E-state index is 15.2. The minimum atomic E-state index is -0.429. The van der Waals surface area contributed by atoms with Gasteiger partial charge in [0.05, 0.1) is 55.2 Å². The van der Waals surface area contributed by atoms with E-state index in [4.69, 9.17) is 14.2 Å². The van der Waals surface area contributed by atoms with Gasteiger partial charge in [-0.2, -0.15) is 0 Å². The topological polar surface area (TPSA) is 91.9 Å². The van der Waals surface area contributed by atoms with Gasteiger partial charge >= 0.3 is 0 Å².